The maximum Gasteiger partial charge on any atom is 0.168 e. The molecule has 2 rings (SSSR count). The number of halogens is 2. The zero-order valence-electron chi connectivity index (χ0n) is 11.4. The molecule has 0 aliphatic heterocycles. The number of ketones is 1. The van der Waals surface area contributed by atoms with E-state index in [-0.39, 0.29) is 23.7 Å². The Hall–Kier alpha value is -1.52. The minimum atomic E-state index is -0.471. The van der Waals surface area contributed by atoms with Crippen LogP contribution in [-0.4, -0.2) is 18.6 Å². The fraction of sp³-hybridized carbons (Fsp3) is 0.188. The van der Waals surface area contributed by atoms with E-state index < -0.39 is 5.82 Å². The predicted molar refractivity (Wildman–Crippen MR) is 83.8 cm³/mol. The van der Waals surface area contributed by atoms with E-state index in [0.717, 1.165) is 4.90 Å². The summed E-state index contributed by atoms with van der Waals surface area (Å²) in [7, 11) is 1.40. The van der Waals surface area contributed by atoms with Crippen LogP contribution in [0.2, 0.25) is 5.02 Å². The van der Waals surface area contributed by atoms with Gasteiger partial charge in [-0.15, -0.1) is 11.8 Å². The second-order valence-electron chi connectivity index (χ2n) is 4.39. The highest BCUT2D eigenvalue weighted by Crippen LogP contribution is 2.23. The number of rotatable bonds is 6. The molecule has 0 aliphatic carbocycles. The normalized spacial score (nSPS) is 10.4. The number of methoxy groups -OCH3 is 1. The Morgan fingerprint density at radius 2 is 2.05 bits per heavy atom. The molecule has 0 N–H and O–H groups in total. The van der Waals surface area contributed by atoms with Crippen molar-refractivity contribution in [2.45, 2.75) is 11.3 Å². The van der Waals surface area contributed by atoms with Crippen LogP contribution in [0.25, 0.3) is 0 Å². The maximum absolute atomic E-state index is 13.9. The van der Waals surface area contributed by atoms with E-state index in [2.05, 4.69) is 0 Å². The molecule has 0 radical (unpaired) electrons. The van der Waals surface area contributed by atoms with Crippen LogP contribution < -0.4 is 4.74 Å². The SMILES string of the molecule is COc1cccc(CC(=O)CSc2cccc(Cl)c2)c1F. The van der Waals surface area contributed by atoms with E-state index in [1.807, 2.05) is 12.1 Å². The minimum Gasteiger partial charge on any atom is -0.494 e. The molecular weight excluding hydrogens is 311 g/mol. The average Bonchev–Trinajstić information content (AvgIpc) is 2.47. The van der Waals surface area contributed by atoms with Crippen LogP contribution in [0, 0.1) is 5.82 Å². The number of hydrogen-bond donors (Lipinski definition) is 0. The Kier molecular flexibility index (Phi) is 5.65. The van der Waals surface area contributed by atoms with Gasteiger partial charge in [-0.05, 0) is 29.8 Å². The number of ether oxygens (including phenoxy) is 1. The number of hydrogen-bond acceptors (Lipinski definition) is 3. The fourth-order valence-electron chi connectivity index (χ4n) is 1.83. The highest BCUT2D eigenvalue weighted by Gasteiger charge is 2.12. The summed E-state index contributed by atoms with van der Waals surface area (Å²) in [5.41, 5.74) is 0.353. The molecule has 110 valence electrons. The van der Waals surface area contributed by atoms with Crippen molar-refractivity contribution in [2.24, 2.45) is 0 Å². The number of carbonyl (C=O) groups excluding carboxylic acids is 1. The number of benzene rings is 2. The van der Waals surface area contributed by atoms with Crippen molar-refractivity contribution in [2.75, 3.05) is 12.9 Å². The van der Waals surface area contributed by atoms with Gasteiger partial charge in [0.1, 0.15) is 5.78 Å². The Balaban J connectivity index is 1.96. The third-order valence-electron chi connectivity index (χ3n) is 2.85. The minimum absolute atomic E-state index is 0.0490. The molecule has 0 unspecified atom stereocenters. The average molecular weight is 325 g/mol. The van der Waals surface area contributed by atoms with Crippen LogP contribution in [0.15, 0.2) is 47.4 Å². The smallest absolute Gasteiger partial charge is 0.168 e. The molecule has 2 aromatic carbocycles. The van der Waals surface area contributed by atoms with Gasteiger partial charge in [0, 0.05) is 16.3 Å². The second kappa shape index (κ2) is 7.48. The molecule has 0 saturated carbocycles. The fourth-order valence-corrected chi connectivity index (χ4v) is 2.90. The third-order valence-corrected chi connectivity index (χ3v) is 4.14. The highest BCUT2D eigenvalue weighted by molar-refractivity contribution is 8.00. The summed E-state index contributed by atoms with van der Waals surface area (Å²) in [6.07, 6.45) is 0.0522. The van der Waals surface area contributed by atoms with Crippen molar-refractivity contribution >= 4 is 29.1 Å². The van der Waals surface area contributed by atoms with E-state index in [4.69, 9.17) is 16.3 Å². The summed E-state index contributed by atoms with van der Waals surface area (Å²) in [6, 6.07) is 12.1. The lowest BCUT2D eigenvalue weighted by atomic mass is 10.1. The lowest BCUT2D eigenvalue weighted by Gasteiger charge is -2.07. The molecule has 0 aliphatic rings. The van der Waals surface area contributed by atoms with Gasteiger partial charge >= 0.3 is 0 Å². The van der Waals surface area contributed by atoms with Crippen molar-refractivity contribution in [1.82, 2.24) is 0 Å². The van der Waals surface area contributed by atoms with Gasteiger partial charge in [-0.1, -0.05) is 29.8 Å². The van der Waals surface area contributed by atoms with Gasteiger partial charge in [0.15, 0.2) is 11.6 Å². The Bertz CT molecular complexity index is 646. The van der Waals surface area contributed by atoms with Crippen molar-refractivity contribution < 1.29 is 13.9 Å². The van der Waals surface area contributed by atoms with Crippen LogP contribution in [0.4, 0.5) is 4.39 Å². The van der Waals surface area contributed by atoms with Gasteiger partial charge in [0.25, 0.3) is 0 Å². The lowest BCUT2D eigenvalue weighted by Crippen LogP contribution is -2.07. The van der Waals surface area contributed by atoms with Crippen LogP contribution in [0.3, 0.4) is 0 Å². The van der Waals surface area contributed by atoms with Gasteiger partial charge in [-0.25, -0.2) is 4.39 Å². The number of thioether (sulfide) groups is 1. The van der Waals surface area contributed by atoms with Crippen molar-refractivity contribution in [3.63, 3.8) is 0 Å². The first-order valence-corrected chi connectivity index (χ1v) is 7.68. The summed E-state index contributed by atoms with van der Waals surface area (Å²) in [5, 5.41) is 0.631. The third kappa shape index (κ3) is 4.48. The number of Topliss-reactive ketones (excluding diaryl/α,β-unsaturated/α-hetero) is 1. The molecular formula is C16H14ClFO2S. The topological polar surface area (TPSA) is 26.3 Å². The quantitative estimate of drug-likeness (QED) is 0.737. The monoisotopic (exact) mass is 324 g/mol. The summed E-state index contributed by atoms with van der Waals surface area (Å²) in [5.74, 6) is -0.0900. The van der Waals surface area contributed by atoms with Gasteiger partial charge in [-0.2, -0.15) is 0 Å². The number of carbonyl (C=O) groups is 1. The van der Waals surface area contributed by atoms with Crippen LogP contribution >= 0.6 is 23.4 Å². The molecule has 0 saturated heterocycles. The molecule has 0 fully saturated rings. The van der Waals surface area contributed by atoms with E-state index >= 15 is 0 Å². The Morgan fingerprint density at radius 3 is 2.76 bits per heavy atom. The van der Waals surface area contributed by atoms with Crippen LogP contribution in [0.5, 0.6) is 5.75 Å². The van der Waals surface area contributed by atoms with Gasteiger partial charge in [0.2, 0.25) is 0 Å². The molecule has 5 heteroatoms. The Labute approximate surface area is 132 Å². The Morgan fingerprint density at radius 1 is 1.29 bits per heavy atom. The highest BCUT2D eigenvalue weighted by atomic mass is 35.5. The summed E-state index contributed by atoms with van der Waals surface area (Å²) < 4.78 is 18.9. The van der Waals surface area contributed by atoms with E-state index in [1.54, 1.807) is 24.3 Å². The maximum atomic E-state index is 13.9. The van der Waals surface area contributed by atoms with Gasteiger partial charge in [0.05, 0.1) is 12.9 Å². The molecule has 0 aromatic heterocycles. The lowest BCUT2D eigenvalue weighted by molar-refractivity contribution is -0.116. The molecule has 0 amide bonds. The zero-order valence-corrected chi connectivity index (χ0v) is 13.0. The molecule has 0 heterocycles. The summed E-state index contributed by atoms with van der Waals surface area (Å²) >= 11 is 7.27. The molecule has 0 atom stereocenters. The van der Waals surface area contributed by atoms with Crippen LogP contribution in [-0.2, 0) is 11.2 Å². The first kappa shape index (κ1) is 15.9. The van der Waals surface area contributed by atoms with Crippen LogP contribution in [0.1, 0.15) is 5.56 Å². The predicted octanol–water partition coefficient (Wildman–Crippen LogP) is 4.39. The molecule has 0 bridgehead atoms. The molecule has 21 heavy (non-hydrogen) atoms. The molecule has 2 aromatic rings. The first-order valence-electron chi connectivity index (χ1n) is 6.31. The second-order valence-corrected chi connectivity index (χ2v) is 5.88. The van der Waals surface area contributed by atoms with Crippen molar-refractivity contribution in [1.29, 1.82) is 0 Å². The first-order chi connectivity index (χ1) is 10.1. The largest absolute Gasteiger partial charge is 0.494 e. The molecule has 0 spiro atoms. The van der Waals surface area contributed by atoms with Gasteiger partial charge < -0.3 is 4.74 Å². The van der Waals surface area contributed by atoms with Crippen molar-refractivity contribution in [3.8, 4) is 5.75 Å². The van der Waals surface area contributed by atoms with E-state index in [0.29, 0.717) is 10.6 Å². The zero-order chi connectivity index (χ0) is 15.2. The summed E-state index contributed by atoms with van der Waals surface area (Å²) in [6.45, 7) is 0. The van der Waals surface area contributed by atoms with Gasteiger partial charge in [-0.3, -0.25) is 4.79 Å². The molecule has 2 nitrogen and oxygen atoms in total. The van der Waals surface area contributed by atoms with E-state index in [9.17, 15) is 9.18 Å². The summed E-state index contributed by atoms with van der Waals surface area (Å²) in [4.78, 5) is 12.9. The van der Waals surface area contributed by atoms with E-state index in [1.165, 1.54) is 24.9 Å². The standard InChI is InChI=1S/C16H14ClFO2S/c1-20-15-7-2-4-11(16(15)18)8-13(19)10-21-14-6-3-5-12(17)9-14/h2-7,9H,8,10H2,1H3. The van der Waals surface area contributed by atoms with Crippen molar-refractivity contribution in [3.05, 3.63) is 58.9 Å².